The molecule has 0 atom stereocenters. The molecule has 3 nitrogen and oxygen atoms in total. The van der Waals surface area contributed by atoms with E-state index in [1.54, 1.807) is 18.3 Å². The molecule has 0 aliphatic heterocycles. The van der Waals surface area contributed by atoms with E-state index in [0.717, 1.165) is 23.3 Å². The first-order chi connectivity index (χ1) is 11.5. The second kappa shape index (κ2) is 6.47. The van der Waals surface area contributed by atoms with E-state index >= 15 is 0 Å². The maximum atomic E-state index is 6.01. The minimum Gasteiger partial charge on any atom is -0.356 e. The van der Waals surface area contributed by atoms with Crippen LogP contribution in [0.4, 0.5) is 0 Å². The lowest BCUT2D eigenvalue weighted by Crippen LogP contribution is -2.61. The van der Waals surface area contributed by atoms with Crippen LogP contribution in [-0.4, -0.2) is 16.9 Å². The number of benzene rings is 1. The van der Waals surface area contributed by atoms with Gasteiger partial charge in [0.1, 0.15) is 0 Å². The predicted octanol–water partition coefficient (Wildman–Crippen LogP) is 4.76. The maximum Gasteiger partial charge on any atom is 0.187 e. The summed E-state index contributed by atoms with van der Waals surface area (Å²) < 4.78 is 0. The summed E-state index contributed by atoms with van der Waals surface area (Å²) in [6.45, 7) is 0. The Morgan fingerprint density at radius 1 is 1.08 bits per heavy atom. The average Bonchev–Trinajstić information content (AvgIpc) is 2.49. The van der Waals surface area contributed by atoms with Crippen molar-refractivity contribution in [3.05, 3.63) is 33.8 Å². The van der Waals surface area contributed by atoms with Crippen LogP contribution in [0.5, 0.6) is 0 Å². The van der Waals surface area contributed by atoms with Gasteiger partial charge in [-0.15, -0.1) is 0 Å². The molecule has 4 aliphatic rings. The number of hydrogen-bond donors (Lipinski definition) is 2. The van der Waals surface area contributed by atoms with Crippen LogP contribution in [0.1, 0.15) is 44.1 Å². The smallest absolute Gasteiger partial charge is 0.187 e. The minimum absolute atomic E-state index is 0.206. The van der Waals surface area contributed by atoms with E-state index in [0.29, 0.717) is 15.2 Å². The predicted molar refractivity (Wildman–Crippen MR) is 104 cm³/mol. The molecule has 4 saturated carbocycles. The van der Waals surface area contributed by atoms with Crippen molar-refractivity contribution >= 4 is 46.7 Å². The molecule has 4 fully saturated rings. The Bertz CT molecular complexity index is 654. The van der Waals surface area contributed by atoms with Gasteiger partial charge >= 0.3 is 0 Å². The topological polar surface area (TPSA) is 36.4 Å². The Kier molecular flexibility index (Phi) is 4.48. The fraction of sp³-hybridized carbons (Fsp3) is 0.556. The van der Waals surface area contributed by atoms with E-state index in [2.05, 4.69) is 15.8 Å². The summed E-state index contributed by atoms with van der Waals surface area (Å²) in [7, 11) is 0. The van der Waals surface area contributed by atoms with Gasteiger partial charge in [-0.3, -0.25) is 5.43 Å². The zero-order valence-corrected chi connectivity index (χ0v) is 15.7. The molecule has 0 heterocycles. The third-order valence-electron chi connectivity index (χ3n) is 5.74. The van der Waals surface area contributed by atoms with Crippen molar-refractivity contribution in [1.82, 2.24) is 10.7 Å². The lowest BCUT2D eigenvalue weighted by Gasteiger charge is -2.57. The van der Waals surface area contributed by atoms with Crippen molar-refractivity contribution in [3.8, 4) is 0 Å². The molecule has 0 amide bonds. The van der Waals surface area contributed by atoms with Gasteiger partial charge < -0.3 is 5.32 Å². The molecule has 6 heteroatoms. The second-order valence-electron chi connectivity index (χ2n) is 7.70. The molecule has 0 spiro atoms. The summed E-state index contributed by atoms with van der Waals surface area (Å²) in [6.07, 6.45) is 9.77. The van der Waals surface area contributed by atoms with Crippen molar-refractivity contribution in [2.45, 2.75) is 44.1 Å². The van der Waals surface area contributed by atoms with Crippen LogP contribution < -0.4 is 10.7 Å². The number of thiocarbonyl (C=S) groups is 1. The fourth-order valence-corrected chi connectivity index (χ4v) is 5.87. The summed E-state index contributed by atoms with van der Waals surface area (Å²) in [4.78, 5) is 0. The van der Waals surface area contributed by atoms with Crippen LogP contribution in [0.3, 0.4) is 0 Å². The van der Waals surface area contributed by atoms with Gasteiger partial charge in [-0.25, -0.2) is 0 Å². The van der Waals surface area contributed by atoms with Crippen LogP contribution in [0.2, 0.25) is 10.0 Å². The Labute approximate surface area is 158 Å². The lowest BCUT2D eigenvalue weighted by molar-refractivity contribution is -0.0101. The van der Waals surface area contributed by atoms with Gasteiger partial charge in [0.05, 0.1) is 16.3 Å². The van der Waals surface area contributed by atoms with Crippen LogP contribution in [0.15, 0.2) is 23.3 Å². The van der Waals surface area contributed by atoms with Crippen molar-refractivity contribution in [2.75, 3.05) is 0 Å². The molecule has 4 bridgehead atoms. The van der Waals surface area contributed by atoms with Gasteiger partial charge in [-0.05, 0) is 86.2 Å². The zero-order chi connectivity index (χ0) is 16.7. The van der Waals surface area contributed by atoms with E-state index in [9.17, 15) is 0 Å². The van der Waals surface area contributed by atoms with Crippen molar-refractivity contribution in [1.29, 1.82) is 0 Å². The molecular formula is C18H21Cl2N3S. The molecular weight excluding hydrogens is 361 g/mol. The Hall–Kier alpha value is -0.840. The first kappa shape index (κ1) is 16.6. The summed E-state index contributed by atoms with van der Waals surface area (Å²) in [5.41, 5.74) is 4.04. The molecule has 128 valence electrons. The summed E-state index contributed by atoms with van der Waals surface area (Å²) >= 11 is 17.4. The normalized spacial score (nSPS) is 33.8. The Morgan fingerprint density at radius 3 is 2.29 bits per heavy atom. The number of nitrogens with zero attached hydrogens (tertiary/aromatic N) is 1. The third kappa shape index (κ3) is 3.42. The van der Waals surface area contributed by atoms with Crippen molar-refractivity contribution in [3.63, 3.8) is 0 Å². The lowest BCUT2D eigenvalue weighted by atomic mass is 9.53. The summed E-state index contributed by atoms with van der Waals surface area (Å²) in [5.74, 6) is 2.68. The Balaban J connectivity index is 1.35. The number of rotatable bonds is 3. The van der Waals surface area contributed by atoms with Gasteiger partial charge in [0, 0.05) is 5.54 Å². The SMILES string of the molecule is S=C(NN=Cc1ccc(Cl)c(Cl)c1)NC12CC3CC(CC(C3)C1)C2. The highest BCUT2D eigenvalue weighted by Gasteiger charge is 2.51. The average molecular weight is 382 g/mol. The van der Waals surface area contributed by atoms with Crippen molar-refractivity contribution in [2.24, 2.45) is 22.9 Å². The van der Waals surface area contributed by atoms with E-state index in [1.807, 2.05) is 6.07 Å². The van der Waals surface area contributed by atoms with Crippen LogP contribution >= 0.6 is 35.4 Å². The molecule has 1 aromatic rings. The highest BCUT2D eigenvalue weighted by atomic mass is 35.5. The monoisotopic (exact) mass is 381 g/mol. The fourth-order valence-electron chi connectivity index (χ4n) is 5.29. The number of hydrazone groups is 1. The molecule has 5 rings (SSSR count). The van der Waals surface area contributed by atoms with Crippen LogP contribution in [0.25, 0.3) is 0 Å². The van der Waals surface area contributed by atoms with Gasteiger partial charge in [0.25, 0.3) is 0 Å². The van der Waals surface area contributed by atoms with E-state index in [4.69, 9.17) is 35.4 Å². The van der Waals surface area contributed by atoms with Crippen LogP contribution in [-0.2, 0) is 0 Å². The van der Waals surface area contributed by atoms with Gasteiger partial charge in [0.2, 0.25) is 0 Å². The third-order valence-corrected chi connectivity index (χ3v) is 6.67. The molecule has 4 aliphatic carbocycles. The highest BCUT2D eigenvalue weighted by molar-refractivity contribution is 7.80. The maximum absolute atomic E-state index is 6.01. The van der Waals surface area contributed by atoms with Gasteiger partial charge in [0.15, 0.2) is 5.11 Å². The first-order valence-corrected chi connectivity index (χ1v) is 9.74. The van der Waals surface area contributed by atoms with Crippen molar-refractivity contribution < 1.29 is 0 Å². The molecule has 0 saturated heterocycles. The summed E-state index contributed by atoms with van der Waals surface area (Å²) in [5, 5.41) is 9.50. The second-order valence-corrected chi connectivity index (χ2v) is 8.92. The molecule has 1 aromatic carbocycles. The zero-order valence-electron chi connectivity index (χ0n) is 13.4. The number of nitrogens with one attached hydrogen (secondary N) is 2. The molecule has 2 N–H and O–H groups in total. The molecule has 0 aromatic heterocycles. The molecule has 24 heavy (non-hydrogen) atoms. The van der Waals surface area contributed by atoms with E-state index in [1.165, 1.54) is 38.5 Å². The largest absolute Gasteiger partial charge is 0.356 e. The van der Waals surface area contributed by atoms with E-state index in [-0.39, 0.29) is 5.54 Å². The van der Waals surface area contributed by atoms with Gasteiger partial charge in [-0.1, -0.05) is 29.3 Å². The standard InChI is InChI=1S/C18H21Cl2N3S/c19-15-2-1-11(6-16(15)20)10-21-23-17(24)22-18-7-12-3-13(8-18)5-14(4-12)9-18/h1-2,6,10,12-14H,3-5,7-9H2,(H2,22,23,24). The summed E-state index contributed by atoms with van der Waals surface area (Å²) in [6, 6.07) is 5.41. The Morgan fingerprint density at radius 2 is 1.71 bits per heavy atom. The minimum atomic E-state index is 0.206. The first-order valence-electron chi connectivity index (χ1n) is 8.58. The quantitative estimate of drug-likeness (QED) is 0.450. The van der Waals surface area contributed by atoms with Gasteiger partial charge in [-0.2, -0.15) is 5.10 Å². The highest BCUT2D eigenvalue weighted by Crippen LogP contribution is 2.55. The molecule has 0 radical (unpaired) electrons. The van der Waals surface area contributed by atoms with Crippen LogP contribution in [0, 0.1) is 17.8 Å². The number of halogens is 2. The number of hydrogen-bond acceptors (Lipinski definition) is 2. The van der Waals surface area contributed by atoms with E-state index < -0.39 is 0 Å². The molecule has 0 unspecified atom stereocenters.